The first kappa shape index (κ1) is 17.7. The summed E-state index contributed by atoms with van der Waals surface area (Å²) in [6, 6.07) is 7.23. The molecule has 1 aliphatic heterocycles. The summed E-state index contributed by atoms with van der Waals surface area (Å²) < 4.78 is 7.07. The topological polar surface area (TPSA) is 63.9 Å². The Labute approximate surface area is 161 Å². The van der Waals surface area contributed by atoms with E-state index in [0.29, 0.717) is 37.9 Å². The predicted octanol–water partition coefficient (Wildman–Crippen LogP) is 3.07. The van der Waals surface area contributed by atoms with Crippen LogP contribution in [0.2, 0.25) is 0 Å². The molecule has 3 aromatic rings. The average molecular weight is 383 g/mol. The lowest BCUT2D eigenvalue weighted by Gasteiger charge is -2.31. The molecule has 0 radical (unpaired) electrons. The number of ether oxygens (including phenoxy) is 1. The SMILES string of the molecule is COc1ccc(C(=O)C2CCN(C(=O)Cc3cn4ccsc4n3)CC2)cc1. The summed E-state index contributed by atoms with van der Waals surface area (Å²) in [5, 5.41) is 1.97. The lowest BCUT2D eigenvalue weighted by molar-refractivity contribution is -0.131. The molecule has 1 aliphatic rings. The number of fused-ring (bicyclic) bond motifs is 1. The Morgan fingerprint density at radius 2 is 1.96 bits per heavy atom. The molecule has 140 valence electrons. The number of imidazole rings is 1. The molecular weight excluding hydrogens is 362 g/mol. The fraction of sp³-hybridized carbons (Fsp3) is 0.350. The number of likely N-dealkylation sites (tertiary alicyclic amines) is 1. The number of hydrogen-bond donors (Lipinski definition) is 0. The maximum atomic E-state index is 12.7. The summed E-state index contributed by atoms with van der Waals surface area (Å²) in [6.07, 6.45) is 5.57. The van der Waals surface area contributed by atoms with Gasteiger partial charge in [0.05, 0.1) is 19.2 Å². The van der Waals surface area contributed by atoms with Crippen LogP contribution < -0.4 is 4.74 Å². The van der Waals surface area contributed by atoms with E-state index >= 15 is 0 Å². The van der Waals surface area contributed by atoms with Gasteiger partial charge in [-0.15, -0.1) is 11.3 Å². The number of aromatic nitrogens is 2. The molecule has 2 aromatic heterocycles. The standard InChI is InChI=1S/C20H21N3O3S/c1-26-17-4-2-14(3-5-17)19(25)15-6-8-22(9-7-15)18(24)12-16-13-23-10-11-27-20(23)21-16/h2-5,10-11,13,15H,6-9,12H2,1H3. The van der Waals surface area contributed by atoms with Gasteiger partial charge in [-0.05, 0) is 37.1 Å². The number of rotatable bonds is 5. The van der Waals surface area contributed by atoms with E-state index in [9.17, 15) is 9.59 Å². The number of amides is 1. The van der Waals surface area contributed by atoms with Crippen molar-refractivity contribution >= 4 is 28.0 Å². The van der Waals surface area contributed by atoms with Crippen molar-refractivity contribution in [2.24, 2.45) is 5.92 Å². The quantitative estimate of drug-likeness (QED) is 0.635. The molecule has 7 heteroatoms. The third kappa shape index (κ3) is 3.73. The van der Waals surface area contributed by atoms with Crippen LogP contribution in [0.4, 0.5) is 0 Å². The summed E-state index contributed by atoms with van der Waals surface area (Å²) in [5.74, 6) is 0.946. The molecule has 1 aromatic carbocycles. The molecule has 1 saturated heterocycles. The highest BCUT2D eigenvalue weighted by Crippen LogP contribution is 2.23. The van der Waals surface area contributed by atoms with E-state index in [2.05, 4.69) is 4.98 Å². The zero-order valence-electron chi connectivity index (χ0n) is 15.1. The van der Waals surface area contributed by atoms with Crippen LogP contribution in [0.1, 0.15) is 28.9 Å². The van der Waals surface area contributed by atoms with Gasteiger partial charge in [-0.2, -0.15) is 0 Å². The number of carbonyl (C=O) groups is 2. The number of benzene rings is 1. The first-order chi connectivity index (χ1) is 13.1. The van der Waals surface area contributed by atoms with Crippen molar-refractivity contribution in [2.75, 3.05) is 20.2 Å². The number of hydrogen-bond acceptors (Lipinski definition) is 5. The third-order valence-electron chi connectivity index (χ3n) is 5.07. The number of methoxy groups -OCH3 is 1. The van der Waals surface area contributed by atoms with E-state index in [1.54, 1.807) is 18.4 Å². The summed E-state index contributed by atoms with van der Waals surface area (Å²) in [4.78, 5) is 32.5. The highest BCUT2D eigenvalue weighted by molar-refractivity contribution is 7.15. The highest BCUT2D eigenvalue weighted by Gasteiger charge is 2.28. The zero-order valence-corrected chi connectivity index (χ0v) is 15.9. The Kier molecular flexibility index (Phi) is 4.94. The van der Waals surface area contributed by atoms with Gasteiger partial charge >= 0.3 is 0 Å². The molecule has 3 heterocycles. The Morgan fingerprint density at radius 1 is 1.22 bits per heavy atom. The fourth-order valence-electron chi connectivity index (χ4n) is 3.51. The van der Waals surface area contributed by atoms with Crippen LogP contribution in [-0.4, -0.2) is 46.2 Å². The van der Waals surface area contributed by atoms with Gasteiger partial charge in [0, 0.05) is 42.3 Å². The van der Waals surface area contributed by atoms with Gasteiger partial charge in [0.2, 0.25) is 5.91 Å². The monoisotopic (exact) mass is 383 g/mol. The van der Waals surface area contributed by atoms with Crippen molar-refractivity contribution in [3.05, 3.63) is 53.3 Å². The molecule has 0 N–H and O–H groups in total. The van der Waals surface area contributed by atoms with Gasteiger partial charge in [0.25, 0.3) is 0 Å². The van der Waals surface area contributed by atoms with Gasteiger partial charge in [-0.3, -0.25) is 14.0 Å². The van der Waals surface area contributed by atoms with Gasteiger partial charge in [0.1, 0.15) is 5.75 Å². The van der Waals surface area contributed by atoms with E-state index in [4.69, 9.17) is 4.74 Å². The second-order valence-electron chi connectivity index (χ2n) is 6.75. The zero-order chi connectivity index (χ0) is 18.8. The molecule has 6 nitrogen and oxygen atoms in total. The summed E-state index contributed by atoms with van der Waals surface area (Å²) in [7, 11) is 1.61. The Balaban J connectivity index is 1.32. The Morgan fingerprint density at radius 3 is 2.63 bits per heavy atom. The van der Waals surface area contributed by atoms with Crippen LogP contribution in [0.5, 0.6) is 5.75 Å². The van der Waals surface area contributed by atoms with Crippen molar-refractivity contribution in [2.45, 2.75) is 19.3 Å². The minimum Gasteiger partial charge on any atom is -0.497 e. The maximum absolute atomic E-state index is 12.7. The second-order valence-corrected chi connectivity index (χ2v) is 7.62. The van der Waals surface area contributed by atoms with E-state index in [1.165, 1.54) is 0 Å². The molecule has 1 amide bonds. The van der Waals surface area contributed by atoms with Crippen LogP contribution in [0.3, 0.4) is 0 Å². The molecule has 4 rings (SSSR count). The lowest BCUT2D eigenvalue weighted by Crippen LogP contribution is -2.41. The van der Waals surface area contributed by atoms with E-state index in [0.717, 1.165) is 16.4 Å². The van der Waals surface area contributed by atoms with Crippen LogP contribution in [0.25, 0.3) is 4.96 Å². The average Bonchev–Trinajstić information content (AvgIpc) is 3.29. The van der Waals surface area contributed by atoms with E-state index in [-0.39, 0.29) is 17.6 Å². The second kappa shape index (κ2) is 7.52. The number of carbonyl (C=O) groups excluding carboxylic acids is 2. The van der Waals surface area contributed by atoms with Gasteiger partial charge < -0.3 is 9.64 Å². The van der Waals surface area contributed by atoms with Crippen molar-refractivity contribution in [3.63, 3.8) is 0 Å². The van der Waals surface area contributed by atoms with Crippen LogP contribution in [0.15, 0.2) is 42.0 Å². The number of ketones is 1. The number of nitrogens with zero attached hydrogens (tertiary/aromatic N) is 3. The Bertz CT molecular complexity index is 924. The maximum Gasteiger partial charge on any atom is 0.228 e. The van der Waals surface area contributed by atoms with Crippen molar-refractivity contribution in [3.8, 4) is 5.75 Å². The molecule has 0 spiro atoms. The number of piperidine rings is 1. The number of Topliss-reactive ketones (excluding diaryl/α,β-unsaturated/α-hetero) is 1. The van der Waals surface area contributed by atoms with E-state index < -0.39 is 0 Å². The van der Waals surface area contributed by atoms with Crippen molar-refractivity contribution in [1.82, 2.24) is 14.3 Å². The smallest absolute Gasteiger partial charge is 0.228 e. The van der Waals surface area contributed by atoms with Gasteiger partial charge in [-0.25, -0.2) is 4.98 Å². The largest absolute Gasteiger partial charge is 0.497 e. The molecule has 0 aliphatic carbocycles. The molecular formula is C20H21N3O3S. The van der Waals surface area contributed by atoms with Crippen molar-refractivity contribution in [1.29, 1.82) is 0 Å². The summed E-state index contributed by atoms with van der Waals surface area (Å²) in [5.41, 5.74) is 1.50. The summed E-state index contributed by atoms with van der Waals surface area (Å²) >= 11 is 1.56. The highest BCUT2D eigenvalue weighted by atomic mass is 32.1. The molecule has 0 saturated carbocycles. The first-order valence-electron chi connectivity index (χ1n) is 9.01. The third-order valence-corrected chi connectivity index (χ3v) is 5.84. The normalized spacial score (nSPS) is 15.2. The predicted molar refractivity (Wildman–Crippen MR) is 103 cm³/mol. The number of thiazole rings is 1. The molecule has 1 fully saturated rings. The van der Waals surface area contributed by atoms with Crippen molar-refractivity contribution < 1.29 is 14.3 Å². The minimum absolute atomic E-state index is 0.0274. The van der Waals surface area contributed by atoms with Crippen LogP contribution >= 0.6 is 11.3 Å². The minimum atomic E-state index is -0.0274. The van der Waals surface area contributed by atoms with Gasteiger partial charge in [0.15, 0.2) is 10.7 Å². The van der Waals surface area contributed by atoms with Crippen LogP contribution in [0, 0.1) is 5.92 Å². The molecule has 0 unspecified atom stereocenters. The fourth-order valence-corrected chi connectivity index (χ4v) is 4.23. The first-order valence-corrected chi connectivity index (χ1v) is 9.89. The molecule has 27 heavy (non-hydrogen) atoms. The van der Waals surface area contributed by atoms with Gasteiger partial charge in [-0.1, -0.05) is 0 Å². The van der Waals surface area contributed by atoms with E-state index in [1.807, 2.05) is 51.3 Å². The molecule has 0 atom stereocenters. The molecule has 0 bridgehead atoms. The lowest BCUT2D eigenvalue weighted by atomic mass is 9.88. The Hall–Kier alpha value is -2.67. The summed E-state index contributed by atoms with van der Waals surface area (Å²) in [6.45, 7) is 1.24. The van der Waals surface area contributed by atoms with Crippen LogP contribution in [-0.2, 0) is 11.2 Å².